The Labute approximate surface area is 159 Å². The molecule has 140 valence electrons. The molecule has 5 rings (SSSR count). The van der Waals surface area contributed by atoms with Crippen LogP contribution in [0.25, 0.3) is 0 Å². The molecule has 3 aliphatic rings. The van der Waals surface area contributed by atoms with Crippen LogP contribution in [0.15, 0.2) is 29.1 Å². The average Bonchev–Trinajstić information content (AvgIpc) is 3.07. The number of rotatable bonds is 8. The third-order valence-electron chi connectivity index (χ3n) is 4.98. The summed E-state index contributed by atoms with van der Waals surface area (Å²) in [5, 5.41) is 28.5. The molecule has 0 aliphatic heterocycles. The van der Waals surface area contributed by atoms with Gasteiger partial charge in [0.15, 0.2) is 0 Å². The number of hydrogen-bond donors (Lipinski definition) is 4. The standard InChI is InChI=1S/C17H19ClFN3O3S/c18-11-2-1-10(3-12(11)19)25-4-14(23)21-16-6-17(7-16,8-16)22-15(24)13-5-26-9-20-13/h1-3,5,9,14-15,21-24H,4,6-8H2. The van der Waals surface area contributed by atoms with Gasteiger partial charge < -0.3 is 14.9 Å². The molecule has 0 radical (unpaired) electrons. The van der Waals surface area contributed by atoms with Crippen molar-refractivity contribution in [1.82, 2.24) is 15.6 Å². The maximum atomic E-state index is 13.4. The van der Waals surface area contributed by atoms with E-state index in [1.54, 1.807) is 11.6 Å². The third kappa shape index (κ3) is 3.45. The SMILES string of the molecule is OC(COc1ccc(Cl)c(F)c1)NC12CC(NC(O)c3cscn3)(C1)C2. The largest absolute Gasteiger partial charge is 0.489 e. The van der Waals surface area contributed by atoms with Crippen LogP contribution in [-0.2, 0) is 0 Å². The van der Waals surface area contributed by atoms with Gasteiger partial charge in [-0.3, -0.25) is 10.6 Å². The summed E-state index contributed by atoms with van der Waals surface area (Å²) in [5.74, 6) is -0.243. The summed E-state index contributed by atoms with van der Waals surface area (Å²) >= 11 is 7.07. The van der Waals surface area contributed by atoms with Crippen LogP contribution >= 0.6 is 22.9 Å². The van der Waals surface area contributed by atoms with E-state index in [0.717, 1.165) is 19.3 Å². The third-order valence-corrected chi connectivity index (χ3v) is 5.89. The van der Waals surface area contributed by atoms with E-state index in [-0.39, 0.29) is 22.7 Å². The normalized spacial score (nSPS) is 28.8. The molecule has 1 aromatic carbocycles. The second kappa shape index (κ2) is 6.70. The zero-order valence-corrected chi connectivity index (χ0v) is 15.4. The van der Waals surface area contributed by atoms with Gasteiger partial charge in [0.05, 0.1) is 16.2 Å². The molecule has 3 saturated carbocycles. The summed E-state index contributed by atoms with van der Waals surface area (Å²) in [6.45, 7) is 0.00466. The van der Waals surface area contributed by atoms with Gasteiger partial charge in [0.2, 0.25) is 0 Å². The highest BCUT2D eigenvalue weighted by atomic mass is 35.5. The summed E-state index contributed by atoms with van der Waals surface area (Å²) in [6.07, 6.45) is 0.804. The summed E-state index contributed by atoms with van der Waals surface area (Å²) in [6, 6.07) is 4.16. The molecule has 2 atom stereocenters. The molecule has 2 aromatic rings. The van der Waals surface area contributed by atoms with E-state index in [1.807, 2.05) is 5.38 Å². The van der Waals surface area contributed by atoms with Crippen LogP contribution in [0, 0.1) is 5.82 Å². The fraction of sp³-hybridized carbons (Fsp3) is 0.471. The summed E-state index contributed by atoms with van der Waals surface area (Å²) in [5.41, 5.74) is 2.08. The van der Waals surface area contributed by atoms with Gasteiger partial charge in [0.25, 0.3) is 0 Å². The van der Waals surface area contributed by atoms with E-state index in [1.165, 1.54) is 23.5 Å². The van der Waals surface area contributed by atoms with Gasteiger partial charge in [-0.25, -0.2) is 9.37 Å². The molecule has 4 N–H and O–H groups in total. The number of aliphatic hydroxyl groups excluding tert-OH is 2. The Morgan fingerprint density at radius 3 is 2.65 bits per heavy atom. The minimum Gasteiger partial charge on any atom is -0.489 e. The highest BCUT2D eigenvalue weighted by Crippen LogP contribution is 2.61. The van der Waals surface area contributed by atoms with Crippen LogP contribution in [0.3, 0.4) is 0 Å². The quantitative estimate of drug-likeness (QED) is 0.509. The zero-order chi connectivity index (χ0) is 18.4. The number of nitrogens with zero attached hydrogens (tertiary/aromatic N) is 1. The first kappa shape index (κ1) is 18.1. The van der Waals surface area contributed by atoms with Crippen molar-refractivity contribution in [3.63, 3.8) is 0 Å². The monoisotopic (exact) mass is 399 g/mol. The second-order valence-electron chi connectivity index (χ2n) is 7.10. The van der Waals surface area contributed by atoms with E-state index in [2.05, 4.69) is 15.6 Å². The van der Waals surface area contributed by atoms with Gasteiger partial charge in [-0.1, -0.05) is 11.6 Å². The first-order valence-corrected chi connectivity index (χ1v) is 9.58. The van der Waals surface area contributed by atoms with Crippen molar-refractivity contribution in [1.29, 1.82) is 0 Å². The summed E-state index contributed by atoms with van der Waals surface area (Å²) in [4.78, 5) is 4.11. The Hall–Kier alpha value is -1.29. The number of benzene rings is 1. The maximum Gasteiger partial charge on any atom is 0.149 e. The molecule has 1 aromatic heterocycles. The number of aromatic nitrogens is 1. The fourth-order valence-corrected chi connectivity index (χ4v) is 4.64. The predicted molar refractivity (Wildman–Crippen MR) is 95.6 cm³/mol. The van der Waals surface area contributed by atoms with Crippen molar-refractivity contribution in [2.75, 3.05) is 6.61 Å². The lowest BCUT2D eigenvalue weighted by atomic mass is 9.44. The van der Waals surface area contributed by atoms with Crippen molar-refractivity contribution in [2.24, 2.45) is 0 Å². The molecule has 26 heavy (non-hydrogen) atoms. The number of hydrogen-bond acceptors (Lipinski definition) is 7. The number of nitrogens with one attached hydrogen (secondary N) is 2. The first-order valence-electron chi connectivity index (χ1n) is 8.26. The summed E-state index contributed by atoms with van der Waals surface area (Å²) in [7, 11) is 0. The lowest BCUT2D eigenvalue weighted by Crippen LogP contribution is -2.84. The van der Waals surface area contributed by atoms with Crippen LogP contribution < -0.4 is 15.4 Å². The molecule has 2 unspecified atom stereocenters. The van der Waals surface area contributed by atoms with E-state index in [0.29, 0.717) is 11.4 Å². The van der Waals surface area contributed by atoms with Crippen LogP contribution in [0.4, 0.5) is 4.39 Å². The number of halogens is 2. The molecule has 6 nitrogen and oxygen atoms in total. The van der Waals surface area contributed by atoms with Crippen molar-refractivity contribution < 1.29 is 19.3 Å². The van der Waals surface area contributed by atoms with E-state index in [4.69, 9.17) is 16.3 Å². The van der Waals surface area contributed by atoms with Crippen LogP contribution in [0.5, 0.6) is 5.75 Å². The Bertz CT molecular complexity index is 772. The molecule has 2 bridgehead atoms. The molecular weight excluding hydrogens is 381 g/mol. The number of thiazole rings is 1. The van der Waals surface area contributed by atoms with Crippen LogP contribution in [0.2, 0.25) is 5.02 Å². The lowest BCUT2D eigenvalue weighted by molar-refractivity contribution is -0.151. The van der Waals surface area contributed by atoms with Gasteiger partial charge in [-0.2, -0.15) is 0 Å². The van der Waals surface area contributed by atoms with Crippen molar-refractivity contribution in [2.45, 2.75) is 42.8 Å². The Balaban J connectivity index is 1.22. The molecule has 0 spiro atoms. The van der Waals surface area contributed by atoms with Gasteiger partial charge in [-0.15, -0.1) is 11.3 Å². The van der Waals surface area contributed by atoms with Gasteiger partial charge in [-0.05, 0) is 31.4 Å². The highest BCUT2D eigenvalue weighted by Gasteiger charge is 2.68. The van der Waals surface area contributed by atoms with Gasteiger partial charge in [0.1, 0.15) is 30.6 Å². The molecule has 0 saturated heterocycles. The maximum absolute atomic E-state index is 13.4. The van der Waals surface area contributed by atoms with Crippen LogP contribution in [0.1, 0.15) is 31.2 Å². The van der Waals surface area contributed by atoms with Gasteiger partial charge >= 0.3 is 0 Å². The Morgan fingerprint density at radius 1 is 1.27 bits per heavy atom. The molecule has 3 fully saturated rings. The van der Waals surface area contributed by atoms with Crippen molar-refractivity contribution in [3.8, 4) is 5.75 Å². The highest BCUT2D eigenvalue weighted by molar-refractivity contribution is 7.07. The number of aliphatic hydroxyl groups is 2. The molecule has 1 heterocycles. The average molecular weight is 400 g/mol. The second-order valence-corrected chi connectivity index (χ2v) is 8.22. The smallest absolute Gasteiger partial charge is 0.149 e. The molecule has 0 amide bonds. The van der Waals surface area contributed by atoms with E-state index < -0.39 is 18.3 Å². The van der Waals surface area contributed by atoms with Crippen LogP contribution in [-0.4, -0.2) is 39.1 Å². The van der Waals surface area contributed by atoms with E-state index in [9.17, 15) is 14.6 Å². The van der Waals surface area contributed by atoms with Crippen molar-refractivity contribution in [3.05, 3.63) is 45.6 Å². The lowest BCUT2D eigenvalue weighted by Gasteiger charge is -2.71. The van der Waals surface area contributed by atoms with E-state index >= 15 is 0 Å². The number of ether oxygens (including phenoxy) is 1. The summed E-state index contributed by atoms with van der Waals surface area (Å²) < 4.78 is 18.8. The molecule has 3 aliphatic carbocycles. The van der Waals surface area contributed by atoms with Crippen molar-refractivity contribution >= 4 is 22.9 Å². The van der Waals surface area contributed by atoms with Gasteiger partial charge in [0, 0.05) is 22.5 Å². The zero-order valence-electron chi connectivity index (χ0n) is 13.8. The minimum absolute atomic E-state index is 0.00466. The first-order chi connectivity index (χ1) is 12.4. The molecular formula is C17H19ClFN3O3S. The minimum atomic E-state index is -0.865. The topological polar surface area (TPSA) is 86.6 Å². The Kier molecular flexibility index (Phi) is 4.66. The fourth-order valence-electron chi connectivity index (χ4n) is 3.95. The molecule has 9 heteroatoms. The predicted octanol–water partition coefficient (Wildman–Crippen LogP) is 2.18. The Morgan fingerprint density at radius 2 is 2.00 bits per heavy atom.